The fourth-order valence-electron chi connectivity index (χ4n) is 2.67. The van der Waals surface area contributed by atoms with Crippen LogP contribution in [-0.4, -0.2) is 37.0 Å². The number of hydrogen-bond acceptors (Lipinski definition) is 3. The van der Waals surface area contributed by atoms with E-state index in [0.29, 0.717) is 12.5 Å². The van der Waals surface area contributed by atoms with E-state index in [1.165, 1.54) is 21.9 Å². The van der Waals surface area contributed by atoms with Crippen molar-refractivity contribution in [2.75, 3.05) is 31.1 Å². The first-order valence-electron chi connectivity index (χ1n) is 7.72. The SMILES string of the molecule is Cc1ccc(CN=C(N)N2CCN(c3ccc(F)cc3)CC2)s1.I. The number of nitrogens with zero attached hydrogens (tertiary/aromatic N) is 3. The predicted octanol–water partition coefficient (Wildman–Crippen LogP) is 3.45. The van der Waals surface area contributed by atoms with Crippen LogP contribution in [0.1, 0.15) is 9.75 Å². The van der Waals surface area contributed by atoms with Gasteiger partial charge in [-0.3, -0.25) is 0 Å². The van der Waals surface area contributed by atoms with Crippen molar-refractivity contribution in [3.63, 3.8) is 0 Å². The first kappa shape index (κ1) is 19.0. The molecule has 3 rings (SSSR count). The van der Waals surface area contributed by atoms with Crippen LogP contribution < -0.4 is 10.6 Å². The van der Waals surface area contributed by atoms with Crippen molar-refractivity contribution >= 4 is 47.0 Å². The van der Waals surface area contributed by atoms with Crippen LogP contribution in [0.4, 0.5) is 10.1 Å². The van der Waals surface area contributed by atoms with Crippen LogP contribution in [0.5, 0.6) is 0 Å². The average molecular weight is 460 g/mol. The summed E-state index contributed by atoms with van der Waals surface area (Å²) in [5.74, 6) is 0.405. The zero-order valence-electron chi connectivity index (χ0n) is 13.6. The van der Waals surface area contributed by atoms with Gasteiger partial charge in [0.2, 0.25) is 0 Å². The second-order valence-electron chi connectivity index (χ2n) is 5.64. The van der Waals surface area contributed by atoms with Crippen molar-refractivity contribution in [3.05, 3.63) is 52.0 Å². The molecule has 2 heterocycles. The highest BCUT2D eigenvalue weighted by Crippen LogP contribution is 2.18. The van der Waals surface area contributed by atoms with E-state index in [4.69, 9.17) is 5.73 Å². The molecule has 1 aliphatic heterocycles. The monoisotopic (exact) mass is 460 g/mol. The molecule has 130 valence electrons. The van der Waals surface area contributed by atoms with Gasteiger partial charge in [0.1, 0.15) is 5.82 Å². The van der Waals surface area contributed by atoms with Crippen LogP contribution in [0.2, 0.25) is 0 Å². The summed E-state index contributed by atoms with van der Waals surface area (Å²) in [7, 11) is 0. The molecule has 0 bridgehead atoms. The van der Waals surface area contributed by atoms with Gasteiger partial charge >= 0.3 is 0 Å². The lowest BCUT2D eigenvalue weighted by Gasteiger charge is -2.36. The number of benzene rings is 1. The Morgan fingerprint density at radius 1 is 1.12 bits per heavy atom. The Hall–Kier alpha value is -1.35. The summed E-state index contributed by atoms with van der Waals surface area (Å²) >= 11 is 1.76. The molecular weight excluding hydrogens is 438 g/mol. The van der Waals surface area contributed by atoms with Gasteiger partial charge in [-0.05, 0) is 43.3 Å². The average Bonchev–Trinajstić information content (AvgIpc) is 2.99. The molecule has 0 spiro atoms. The molecule has 24 heavy (non-hydrogen) atoms. The molecule has 0 saturated carbocycles. The van der Waals surface area contributed by atoms with Gasteiger partial charge in [-0.2, -0.15) is 0 Å². The molecule has 4 nitrogen and oxygen atoms in total. The number of nitrogens with two attached hydrogens (primary N) is 1. The van der Waals surface area contributed by atoms with E-state index in [0.717, 1.165) is 31.9 Å². The molecule has 1 fully saturated rings. The van der Waals surface area contributed by atoms with Gasteiger partial charge in [-0.15, -0.1) is 35.3 Å². The van der Waals surface area contributed by atoms with Gasteiger partial charge in [0.15, 0.2) is 5.96 Å². The summed E-state index contributed by atoms with van der Waals surface area (Å²) in [6, 6.07) is 10.8. The lowest BCUT2D eigenvalue weighted by Crippen LogP contribution is -2.51. The number of halogens is 2. The fourth-order valence-corrected chi connectivity index (χ4v) is 3.49. The Labute approximate surface area is 163 Å². The first-order valence-corrected chi connectivity index (χ1v) is 8.54. The number of aryl methyl sites for hydroxylation is 1. The van der Waals surface area contributed by atoms with Crippen molar-refractivity contribution in [1.82, 2.24) is 4.90 Å². The highest BCUT2D eigenvalue weighted by atomic mass is 127. The van der Waals surface area contributed by atoms with Gasteiger partial charge in [0, 0.05) is 41.6 Å². The summed E-state index contributed by atoms with van der Waals surface area (Å²) in [5.41, 5.74) is 7.17. The minimum Gasteiger partial charge on any atom is -0.370 e. The molecule has 0 aliphatic carbocycles. The van der Waals surface area contributed by atoms with E-state index >= 15 is 0 Å². The maximum absolute atomic E-state index is 13.0. The van der Waals surface area contributed by atoms with E-state index in [1.807, 2.05) is 12.1 Å². The molecule has 7 heteroatoms. The quantitative estimate of drug-likeness (QED) is 0.434. The number of guanidine groups is 1. The van der Waals surface area contributed by atoms with Gasteiger partial charge in [-0.1, -0.05) is 0 Å². The lowest BCUT2D eigenvalue weighted by molar-refractivity contribution is 0.380. The van der Waals surface area contributed by atoms with E-state index < -0.39 is 0 Å². The third kappa shape index (κ3) is 4.83. The molecule has 0 unspecified atom stereocenters. The minimum atomic E-state index is -0.201. The predicted molar refractivity (Wildman–Crippen MR) is 110 cm³/mol. The van der Waals surface area contributed by atoms with Gasteiger partial charge in [0.05, 0.1) is 6.54 Å². The Morgan fingerprint density at radius 2 is 1.79 bits per heavy atom. The number of thiophene rings is 1. The number of rotatable bonds is 3. The topological polar surface area (TPSA) is 44.9 Å². The second-order valence-corrected chi connectivity index (χ2v) is 7.01. The Bertz CT molecular complexity index is 678. The summed E-state index contributed by atoms with van der Waals surface area (Å²) < 4.78 is 13.0. The molecule has 1 aliphatic rings. The molecule has 1 aromatic carbocycles. The number of anilines is 1. The molecule has 0 radical (unpaired) electrons. The highest BCUT2D eigenvalue weighted by Gasteiger charge is 2.18. The van der Waals surface area contributed by atoms with Crippen molar-refractivity contribution < 1.29 is 4.39 Å². The van der Waals surface area contributed by atoms with Crippen LogP contribution >= 0.6 is 35.3 Å². The zero-order valence-corrected chi connectivity index (χ0v) is 16.8. The Morgan fingerprint density at radius 3 is 2.38 bits per heavy atom. The van der Waals surface area contributed by atoms with Crippen LogP contribution in [0, 0.1) is 12.7 Å². The number of piperazine rings is 1. The first-order chi connectivity index (χ1) is 11.1. The third-order valence-corrected chi connectivity index (χ3v) is 4.97. The lowest BCUT2D eigenvalue weighted by atomic mass is 10.2. The second kappa shape index (κ2) is 8.66. The summed E-state index contributed by atoms with van der Waals surface area (Å²) in [5, 5.41) is 0. The van der Waals surface area contributed by atoms with E-state index in [9.17, 15) is 4.39 Å². The number of hydrogen-bond donors (Lipinski definition) is 1. The van der Waals surface area contributed by atoms with Gasteiger partial charge in [0.25, 0.3) is 0 Å². The van der Waals surface area contributed by atoms with Crippen LogP contribution in [0.15, 0.2) is 41.4 Å². The largest absolute Gasteiger partial charge is 0.370 e. The highest BCUT2D eigenvalue weighted by molar-refractivity contribution is 14.0. The maximum Gasteiger partial charge on any atom is 0.191 e. The van der Waals surface area contributed by atoms with Crippen molar-refractivity contribution in [2.45, 2.75) is 13.5 Å². The van der Waals surface area contributed by atoms with Crippen molar-refractivity contribution in [3.8, 4) is 0 Å². The molecule has 0 atom stereocenters. The van der Waals surface area contributed by atoms with E-state index in [1.54, 1.807) is 11.3 Å². The Kier molecular flexibility index (Phi) is 6.85. The molecular formula is C17H22FIN4S. The fraction of sp³-hybridized carbons (Fsp3) is 0.353. The van der Waals surface area contributed by atoms with Crippen LogP contribution in [0.3, 0.4) is 0 Å². The zero-order chi connectivity index (χ0) is 16.2. The molecule has 1 saturated heterocycles. The minimum absolute atomic E-state index is 0. The standard InChI is InChI=1S/C17H21FN4S.HI/c1-13-2-7-16(23-13)12-20-17(19)22-10-8-21(9-11-22)15-5-3-14(18)4-6-15;/h2-7H,8-12H2,1H3,(H2,19,20);1H. The van der Waals surface area contributed by atoms with Crippen LogP contribution in [-0.2, 0) is 6.54 Å². The van der Waals surface area contributed by atoms with Crippen LogP contribution in [0.25, 0.3) is 0 Å². The van der Waals surface area contributed by atoms with Crippen molar-refractivity contribution in [1.29, 1.82) is 0 Å². The molecule has 1 aromatic heterocycles. The molecule has 0 amide bonds. The maximum atomic E-state index is 13.0. The van der Waals surface area contributed by atoms with E-state index in [-0.39, 0.29) is 29.8 Å². The number of aliphatic imine (C=N–C) groups is 1. The summed E-state index contributed by atoms with van der Waals surface area (Å²) in [6.07, 6.45) is 0. The smallest absolute Gasteiger partial charge is 0.191 e. The summed E-state index contributed by atoms with van der Waals surface area (Å²) in [4.78, 5) is 11.4. The third-order valence-electron chi connectivity index (χ3n) is 3.99. The summed E-state index contributed by atoms with van der Waals surface area (Å²) in [6.45, 7) is 6.12. The van der Waals surface area contributed by atoms with Crippen molar-refractivity contribution in [2.24, 2.45) is 10.7 Å². The van der Waals surface area contributed by atoms with Gasteiger partial charge < -0.3 is 15.5 Å². The Balaban J connectivity index is 0.00000208. The molecule has 2 aromatic rings. The normalized spacial score (nSPS) is 15.3. The van der Waals surface area contributed by atoms with Gasteiger partial charge in [-0.25, -0.2) is 9.38 Å². The van der Waals surface area contributed by atoms with E-state index in [2.05, 4.69) is 33.8 Å². The molecule has 2 N–H and O–H groups in total.